The molecule has 0 amide bonds. The maximum atomic E-state index is 13.0. The lowest BCUT2D eigenvalue weighted by Gasteiger charge is -2.40. The molecule has 3 fully saturated rings. The summed E-state index contributed by atoms with van der Waals surface area (Å²) in [7, 11) is 0. The predicted molar refractivity (Wildman–Crippen MR) is 122 cm³/mol. The Balaban J connectivity index is 0.00000289. The summed E-state index contributed by atoms with van der Waals surface area (Å²) in [5.74, 6) is 0.712. The zero-order valence-corrected chi connectivity index (χ0v) is 20.0. The molecule has 1 N–H and O–H groups in total. The van der Waals surface area contributed by atoms with Crippen molar-refractivity contribution < 1.29 is 23.0 Å². The Labute approximate surface area is 195 Å². The molecule has 4 atom stereocenters. The van der Waals surface area contributed by atoms with Gasteiger partial charge in [-0.25, -0.2) is 0 Å². The number of hydrogen-bond donors (Lipinski definition) is 1. The van der Waals surface area contributed by atoms with Gasteiger partial charge in [-0.3, -0.25) is 4.90 Å². The molecule has 0 spiro atoms. The van der Waals surface area contributed by atoms with Gasteiger partial charge in [-0.1, -0.05) is 26.8 Å². The molecule has 2 bridgehead atoms. The van der Waals surface area contributed by atoms with E-state index >= 15 is 0 Å². The summed E-state index contributed by atoms with van der Waals surface area (Å²) >= 11 is 0. The van der Waals surface area contributed by atoms with Gasteiger partial charge in [0.05, 0.1) is 24.4 Å². The summed E-state index contributed by atoms with van der Waals surface area (Å²) in [6.07, 6.45) is -1.09. The van der Waals surface area contributed by atoms with Crippen molar-refractivity contribution in [2.75, 3.05) is 44.2 Å². The number of rotatable bonds is 6. The molecule has 4 nitrogen and oxygen atoms in total. The number of hydrogen-bond acceptors (Lipinski definition) is 4. The van der Waals surface area contributed by atoms with Crippen molar-refractivity contribution in [3.63, 3.8) is 0 Å². The number of nitrogens with zero attached hydrogens (tertiary/aromatic N) is 2. The zero-order valence-electron chi connectivity index (χ0n) is 19.2. The van der Waals surface area contributed by atoms with Crippen LogP contribution in [-0.4, -0.2) is 61.5 Å². The Morgan fingerprint density at radius 2 is 1.84 bits per heavy atom. The number of piperazine rings is 1. The first-order valence-electron chi connectivity index (χ1n) is 11.4. The van der Waals surface area contributed by atoms with E-state index in [9.17, 15) is 18.3 Å². The summed E-state index contributed by atoms with van der Waals surface area (Å²) in [5.41, 5.74) is 0.471. The number of fused-ring (bicyclic) bond motifs is 2. The molecule has 182 valence electrons. The quantitative estimate of drug-likeness (QED) is 0.637. The molecular formula is C24H36ClF3N2O2. The van der Waals surface area contributed by atoms with E-state index in [0.29, 0.717) is 56.4 Å². The molecule has 1 heterocycles. The second-order valence-corrected chi connectivity index (χ2v) is 10.4. The van der Waals surface area contributed by atoms with E-state index in [2.05, 4.69) is 25.7 Å². The molecule has 4 rings (SSSR count). The van der Waals surface area contributed by atoms with Gasteiger partial charge < -0.3 is 14.7 Å². The summed E-state index contributed by atoms with van der Waals surface area (Å²) in [4.78, 5) is 4.15. The summed E-state index contributed by atoms with van der Waals surface area (Å²) in [6.45, 7) is 10.6. The average Bonchev–Trinajstić information content (AvgIpc) is 3.06. The van der Waals surface area contributed by atoms with Gasteiger partial charge in [0.25, 0.3) is 0 Å². The molecule has 0 aromatic heterocycles. The fourth-order valence-electron chi connectivity index (χ4n) is 6.03. The van der Waals surface area contributed by atoms with E-state index < -0.39 is 17.8 Å². The molecule has 3 aliphatic rings. The van der Waals surface area contributed by atoms with Crippen LogP contribution in [0.1, 0.15) is 45.6 Å². The lowest BCUT2D eigenvalue weighted by atomic mass is 9.70. The molecule has 1 aliphatic heterocycles. The molecular weight excluding hydrogens is 441 g/mol. The van der Waals surface area contributed by atoms with Crippen LogP contribution < -0.4 is 4.90 Å². The predicted octanol–water partition coefficient (Wildman–Crippen LogP) is 4.84. The number of β-amino-alcohol motifs (C(OH)–C–C–N with tert-alkyl or cyclic N) is 1. The summed E-state index contributed by atoms with van der Waals surface area (Å²) in [5, 5.41) is 10.5. The SMILES string of the molecule is CC1(C)C2CCC1(C)C(OCC(O)CN1CCN(c3cccc(C(F)(F)F)c3)CC1)C2.Cl. The van der Waals surface area contributed by atoms with Crippen LogP contribution in [0.3, 0.4) is 0 Å². The molecule has 2 saturated carbocycles. The van der Waals surface area contributed by atoms with E-state index in [1.165, 1.54) is 25.0 Å². The third-order valence-electron chi connectivity index (χ3n) is 8.58. The Morgan fingerprint density at radius 3 is 2.41 bits per heavy atom. The second kappa shape index (κ2) is 9.32. The van der Waals surface area contributed by atoms with Crippen LogP contribution >= 0.6 is 12.4 Å². The van der Waals surface area contributed by atoms with E-state index in [0.717, 1.165) is 12.5 Å². The molecule has 32 heavy (non-hydrogen) atoms. The average molecular weight is 477 g/mol. The van der Waals surface area contributed by atoms with E-state index in [1.807, 2.05) is 4.90 Å². The van der Waals surface area contributed by atoms with Gasteiger partial charge >= 0.3 is 6.18 Å². The van der Waals surface area contributed by atoms with E-state index in [-0.39, 0.29) is 23.9 Å². The van der Waals surface area contributed by atoms with E-state index in [4.69, 9.17) is 4.74 Å². The summed E-state index contributed by atoms with van der Waals surface area (Å²) < 4.78 is 45.1. The molecule has 2 aliphatic carbocycles. The van der Waals surface area contributed by atoms with Gasteiger partial charge in [-0.05, 0) is 54.2 Å². The van der Waals surface area contributed by atoms with Crippen LogP contribution in [0, 0.1) is 16.7 Å². The minimum atomic E-state index is -4.33. The molecule has 4 unspecified atom stereocenters. The fourth-order valence-corrected chi connectivity index (χ4v) is 6.03. The molecule has 8 heteroatoms. The number of ether oxygens (including phenoxy) is 1. The topological polar surface area (TPSA) is 35.9 Å². The number of aliphatic hydroxyl groups excluding tert-OH is 1. The third kappa shape index (κ3) is 4.77. The number of benzene rings is 1. The Morgan fingerprint density at radius 1 is 1.16 bits per heavy atom. The molecule has 0 radical (unpaired) electrons. The standard InChI is InChI=1S/C24H35F3N2O2.ClH/c1-22(2)17-7-8-23(22,3)21(14-17)31-16-20(30)15-28-9-11-29(12-10-28)19-6-4-5-18(13-19)24(25,26)27;/h4-6,13,17,20-21,30H,7-12,14-16H2,1-3H3;1H. The Bertz CT molecular complexity index is 783. The first-order chi connectivity index (χ1) is 14.5. The van der Waals surface area contributed by atoms with Gasteiger partial charge in [0.15, 0.2) is 0 Å². The second-order valence-electron chi connectivity index (χ2n) is 10.4. The van der Waals surface area contributed by atoms with Crippen molar-refractivity contribution in [3.8, 4) is 0 Å². The van der Waals surface area contributed by atoms with Gasteiger partial charge in [0, 0.05) is 38.4 Å². The minimum Gasteiger partial charge on any atom is -0.389 e. The van der Waals surface area contributed by atoms with Crippen molar-refractivity contribution >= 4 is 18.1 Å². The van der Waals surface area contributed by atoms with Crippen LogP contribution in [0.25, 0.3) is 0 Å². The van der Waals surface area contributed by atoms with Crippen LogP contribution in [0.2, 0.25) is 0 Å². The Kier molecular flexibility index (Phi) is 7.46. The zero-order chi connectivity index (χ0) is 22.4. The highest BCUT2D eigenvalue weighted by molar-refractivity contribution is 5.85. The van der Waals surface area contributed by atoms with Crippen molar-refractivity contribution in [1.29, 1.82) is 0 Å². The van der Waals surface area contributed by atoms with E-state index in [1.54, 1.807) is 6.07 Å². The highest BCUT2D eigenvalue weighted by atomic mass is 35.5. The van der Waals surface area contributed by atoms with Crippen LogP contribution in [0.15, 0.2) is 24.3 Å². The smallest absolute Gasteiger partial charge is 0.389 e. The molecule has 1 aromatic carbocycles. The summed E-state index contributed by atoms with van der Waals surface area (Å²) in [6, 6.07) is 5.51. The number of anilines is 1. The van der Waals surface area contributed by atoms with Gasteiger partial charge in [0.1, 0.15) is 0 Å². The van der Waals surface area contributed by atoms with Crippen LogP contribution in [0.5, 0.6) is 0 Å². The largest absolute Gasteiger partial charge is 0.416 e. The van der Waals surface area contributed by atoms with Crippen LogP contribution in [-0.2, 0) is 10.9 Å². The lowest BCUT2D eigenvalue weighted by molar-refractivity contribution is -0.137. The maximum Gasteiger partial charge on any atom is 0.416 e. The van der Waals surface area contributed by atoms with Gasteiger partial charge in [-0.2, -0.15) is 13.2 Å². The highest BCUT2D eigenvalue weighted by Gasteiger charge is 2.61. The molecule has 1 saturated heterocycles. The van der Waals surface area contributed by atoms with Crippen molar-refractivity contribution in [3.05, 3.63) is 29.8 Å². The monoisotopic (exact) mass is 476 g/mol. The Hall–Kier alpha value is -1.02. The van der Waals surface area contributed by atoms with Gasteiger partial charge in [-0.15, -0.1) is 12.4 Å². The molecule has 1 aromatic rings. The normalized spacial score (nSPS) is 30.9. The first-order valence-corrected chi connectivity index (χ1v) is 11.4. The minimum absolute atomic E-state index is 0. The number of alkyl halides is 3. The fraction of sp³-hybridized carbons (Fsp3) is 0.750. The maximum absolute atomic E-state index is 13.0. The third-order valence-corrected chi connectivity index (χ3v) is 8.58. The first kappa shape index (κ1) is 25.6. The number of aliphatic hydroxyl groups is 1. The van der Waals surface area contributed by atoms with Gasteiger partial charge in [0.2, 0.25) is 0 Å². The number of halogens is 4. The van der Waals surface area contributed by atoms with Crippen molar-refractivity contribution in [2.45, 2.75) is 58.4 Å². The lowest BCUT2D eigenvalue weighted by Crippen LogP contribution is -2.49. The van der Waals surface area contributed by atoms with Crippen molar-refractivity contribution in [2.24, 2.45) is 16.7 Å². The van der Waals surface area contributed by atoms with Crippen LogP contribution in [0.4, 0.5) is 18.9 Å². The van der Waals surface area contributed by atoms with Crippen molar-refractivity contribution in [1.82, 2.24) is 4.90 Å². The highest BCUT2D eigenvalue weighted by Crippen LogP contribution is 2.66.